The lowest BCUT2D eigenvalue weighted by Gasteiger charge is -2.32. The predicted octanol–water partition coefficient (Wildman–Crippen LogP) is 1.73. The lowest BCUT2D eigenvalue weighted by molar-refractivity contribution is -0.128. The number of hydrogen-bond donors (Lipinski definition) is 2. The van der Waals surface area contributed by atoms with E-state index in [0.717, 1.165) is 41.4 Å². The fraction of sp³-hybridized carbons (Fsp3) is 0.409. The number of carbonyl (C=O) groups is 2. The maximum Gasteiger partial charge on any atom is 0.259 e. The van der Waals surface area contributed by atoms with Crippen molar-refractivity contribution in [3.63, 3.8) is 0 Å². The quantitative estimate of drug-likeness (QED) is 0.591. The molecule has 9 nitrogen and oxygen atoms in total. The molecule has 1 aliphatic carbocycles. The van der Waals surface area contributed by atoms with Gasteiger partial charge in [0.2, 0.25) is 10.0 Å². The first-order valence-corrected chi connectivity index (χ1v) is 12.7. The average Bonchev–Trinajstić information content (AvgIpc) is 3.27. The number of rotatable bonds is 5. The molecule has 2 amide bonds. The van der Waals surface area contributed by atoms with Crippen LogP contribution in [-0.2, 0) is 14.8 Å². The first-order chi connectivity index (χ1) is 16.2. The Morgan fingerprint density at radius 2 is 1.74 bits per heavy atom. The van der Waals surface area contributed by atoms with Crippen molar-refractivity contribution >= 4 is 33.4 Å². The molecule has 1 aromatic heterocycles. The molecule has 4 rings (SSSR count). The van der Waals surface area contributed by atoms with Crippen LogP contribution in [0.5, 0.6) is 0 Å². The van der Waals surface area contributed by atoms with Crippen molar-refractivity contribution in [3.05, 3.63) is 59.1 Å². The van der Waals surface area contributed by atoms with Gasteiger partial charge in [-0.2, -0.15) is 4.31 Å². The minimum Gasteiger partial charge on any atom is -0.350 e. The van der Waals surface area contributed by atoms with Crippen LogP contribution in [0.25, 0.3) is 0 Å². The van der Waals surface area contributed by atoms with Crippen LogP contribution < -0.4 is 11.1 Å². The summed E-state index contributed by atoms with van der Waals surface area (Å²) in [5, 5.41) is 3.10. The van der Waals surface area contributed by atoms with Crippen molar-refractivity contribution in [1.82, 2.24) is 19.5 Å². The molecule has 2 heterocycles. The van der Waals surface area contributed by atoms with Crippen molar-refractivity contribution in [2.24, 2.45) is 5.73 Å². The molecule has 0 spiro atoms. The van der Waals surface area contributed by atoms with Gasteiger partial charge in [0, 0.05) is 31.4 Å². The summed E-state index contributed by atoms with van der Waals surface area (Å²) in [7, 11) is -4.20. The minimum atomic E-state index is -4.20. The van der Waals surface area contributed by atoms with E-state index in [9.17, 15) is 22.4 Å². The second-order valence-corrected chi connectivity index (χ2v) is 10.7. The second-order valence-electron chi connectivity index (χ2n) is 8.43. The summed E-state index contributed by atoms with van der Waals surface area (Å²) in [6, 6.07) is 7.15. The molecule has 1 unspecified atom stereocenters. The fourth-order valence-electron chi connectivity index (χ4n) is 4.29. The lowest BCUT2D eigenvalue weighted by atomic mass is 9.92. The van der Waals surface area contributed by atoms with E-state index in [2.05, 4.69) is 10.3 Å². The van der Waals surface area contributed by atoms with Gasteiger partial charge in [0.25, 0.3) is 11.8 Å². The molecule has 2 aliphatic rings. The molecule has 1 saturated carbocycles. The highest BCUT2D eigenvalue weighted by molar-refractivity contribution is 7.89. The SMILES string of the molecule is NC1CCC(NC(=O)C2N(C(=O)c3ccc(Cl)nc3)CCN2S(=O)(=O)c2ccc(F)cc2)CC1. The van der Waals surface area contributed by atoms with Crippen LogP contribution in [0.15, 0.2) is 47.5 Å². The van der Waals surface area contributed by atoms with Crippen LogP contribution in [0.3, 0.4) is 0 Å². The van der Waals surface area contributed by atoms with Crippen LogP contribution in [0.4, 0.5) is 4.39 Å². The van der Waals surface area contributed by atoms with E-state index in [-0.39, 0.29) is 40.8 Å². The van der Waals surface area contributed by atoms with Crippen molar-refractivity contribution in [2.75, 3.05) is 13.1 Å². The maximum absolute atomic E-state index is 13.4. The highest BCUT2D eigenvalue weighted by Gasteiger charge is 2.47. The third-order valence-electron chi connectivity index (χ3n) is 6.14. The molecule has 0 bridgehead atoms. The Morgan fingerprint density at radius 1 is 1.06 bits per heavy atom. The van der Waals surface area contributed by atoms with E-state index >= 15 is 0 Å². The Hall–Kier alpha value is -2.60. The molecule has 12 heteroatoms. The Balaban J connectivity index is 1.64. The summed E-state index contributed by atoms with van der Waals surface area (Å²) < 4.78 is 41.1. The maximum atomic E-state index is 13.4. The Kier molecular flexibility index (Phi) is 7.17. The minimum absolute atomic E-state index is 0.00445. The molecule has 1 saturated heterocycles. The molecule has 2 fully saturated rings. The summed E-state index contributed by atoms with van der Waals surface area (Å²) in [6.07, 6.45) is 2.69. The molecule has 0 radical (unpaired) electrons. The third kappa shape index (κ3) is 5.07. The fourth-order valence-corrected chi connectivity index (χ4v) is 5.95. The normalized spacial score (nSPS) is 23.6. The van der Waals surface area contributed by atoms with E-state index < -0.39 is 33.8 Å². The first kappa shape index (κ1) is 24.5. The summed E-state index contributed by atoms with van der Waals surface area (Å²) in [6.45, 7) is -0.102. The topological polar surface area (TPSA) is 126 Å². The number of pyridine rings is 1. The number of amides is 2. The molecule has 2 aromatic rings. The van der Waals surface area contributed by atoms with Gasteiger partial charge in [0.15, 0.2) is 6.17 Å². The number of benzene rings is 1. The molecular formula is C22H25ClFN5O4S. The number of nitrogens with zero attached hydrogens (tertiary/aromatic N) is 3. The first-order valence-electron chi connectivity index (χ1n) is 10.9. The van der Waals surface area contributed by atoms with Crippen molar-refractivity contribution in [1.29, 1.82) is 0 Å². The molecule has 3 N–H and O–H groups in total. The Morgan fingerprint density at radius 3 is 2.35 bits per heavy atom. The monoisotopic (exact) mass is 509 g/mol. The zero-order chi connectivity index (χ0) is 24.5. The van der Waals surface area contributed by atoms with Crippen molar-refractivity contribution < 1.29 is 22.4 Å². The van der Waals surface area contributed by atoms with Gasteiger partial charge in [-0.25, -0.2) is 17.8 Å². The van der Waals surface area contributed by atoms with Crippen LogP contribution in [0.1, 0.15) is 36.0 Å². The van der Waals surface area contributed by atoms with Gasteiger partial charge in [-0.15, -0.1) is 0 Å². The summed E-state index contributed by atoms with van der Waals surface area (Å²) in [5.41, 5.74) is 6.12. The molecular weight excluding hydrogens is 485 g/mol. The number of hydrogen-bond acceptors (Lipinski definition) is 6. The third-order valence-corrected chi connectivity index (χ3v) is 8.23. The second kappa shape index (κ2) is 9.95. The highest BCUT2D eigenvalue weighted by atomic mass is 35.5. The summed E-state index contributed by atoms with van der Waals surface area (Å²) in [5.74, 6) is -1.73. The van der Waals surface area contributed by atoms with Crippen LogP contribution >= 0.6 is 11.6 Å². The van der Waals surface area contributed by atoms with Gasteiger partial charge in [-0.3, -0.25) is 9.59 Å². The lowest BCUT2D eigenvalue weighted by Crippen LogP contribution is -2.56. The van der Waals surface area contributed by atoms with E-state index in [1.54, 1.807) is 0 Å². The number of aromatic nitrogens is 1. The van der Waals surface area contributed by atoms with Gasteiger partial charge >= 0.3 is 0 Å². The average molecular weight is 510 g/mol. The van der Waals surface area contributed by atoms with Gasteiger partial charge in [0.1, 0.15) is 11.0 Å². The van der Waals surface area contributed by atoms with Crippen molar-refractivity contribution in [3.8, 4) is 0 Å². The van der Waals surface area contributed by atoms with Crippen LogP contribution in [0.2, 0.25) is 5.15 Å². The molecule has 1 aliphatic heterocycles. The van der Waals surface area contributed by atoms with Gasteiger partial charge in [-0.05, 0) is 62.1 Å². The molecule has 182 valence electrons. The number of nitrogens with two attached hydrogens (primary N) is 1. The van der Waals surface area contributed by atoms with Crippen LogP contribution in [0, 0.1) is 5.82 Å². The smallest absolute Gasteiger partial charge is 0.259 e. The van der Waals surface area contributed by atoms with Crippen molar-refractivity contribution in [2.45, 2.75) is 48.8 Å². The summed E-state index contributed by atoms with van der Waals surface area (Å²) in [4.78, 5) is 31.6. The summed E-state index contributed by atoms with van der Waals surface area (Å²) >= 11 is 5.81. The van der Waals surface area contributed by atoms with E-state index in [1.807, 2.05) is 0 Å². The van der Waals surface area contributed by atoms with Crippen LogP contribution in [-0.4, -0.2) is 65.8 Å². The van der Waals surface area contributed by atoms with Gasteiger partial charge in [-0.1, -0.05) is 11.6 Å². The predicted molar refractivity (Wildman–Crippen MR) is 123 cm³/mol. The zero-order valence-electron chi connectivity index (χ0n) is 18.2. The standard InChI is InChI=1S/C22H25ClFN5O4S/c23-19-10-1-14(13-26-19)22(31)28-11-12-29(34(32,33)18-8-2-15(24)3-9-18)21(28)20(30)27-17-6-4-16(25)5-7-17/h1-3,8-10,13,16-17,21H,4-7,11-12,25H2,(H,27,30). The number of carbonyl (C=O) groups excluding carboxylic acids is 2. The Labute approximate surface area is 202 Å². The number of sulfonamides is 1. The van der Waals surface area contributed by atoms with Gasteiger partial charge < -0.3 is 16.0 Å². The zero-order valence-corrected chi connectivity index (χ0v) is 19.8. The van der Waals surface area contributed by atoms with E-state index in [4.69, 9.17) is 17.3 Å². The molecule has 1 aromatic carbocycles. The number of halogens is 2. The van der Waals surface area contributed by atoms with E-state index in [1.165, 1.54) is 23.2 Å². The van der Waals surface area contributed by atoms with E-state index in [0.29, 0.717) is 12.8 Å². The molecule has 34 heavy (non-hydrogen) atoms. The van der Waals surface area contributed by atoms with Gasteiger partial charge in [0.05, 0.1) is 10.5 Å². The largest absolute Gasteiger partial charge is 0.350 e. The Bertz CT molecular complexity index is 1150. The molecule has 1 atom stereocenters. The highest BCUT2D eigenvalue weighted by Crippen LogP contribution is 2.27. The number of nitrogens with one attached hydrogen (secondary N) is 1.